The number of hydrogen-bond acceptors (Lipinski definition) is 12. The first kappa shape index (κ1) is 51.6. The Hall–Kier alpha value is -4.05. The molecule has 0 spiro atoms. The molecule has 14 atom stereocenters. The third kappa shape index (κ3) is 12.8. The summed E-state index contributed by atoms with van der Waals surface area (Å²) in [6, 6.07) is 8.43. The molecule has 3 saturated heterocycles. The number of ketones is 1. The average molecular weight is 882 g/mol. The largest absolute Gasteiger partial charge is 0.447 e. The molecule has 3 aliphatic rings. The molecule has 0 aromatic heterocycles. The van der Waals surface area contributed by atoms with Gasteiger partial charge in [0.05, 0.1) is 36.3 Å². The van der Waals surface area contributed by atoms with E-state index >= 15 is 0 Å². The first-order chi connectivity index (χ1) is 29.9. The molecule has 0 aliphatic carbocycles. The van der Waals surface area contributed by atoms with E-state index in [0.717, 1.165) is 16.9 Å². The Kier molecular flexibility index (Phi) is 19.4. The van der Waals surface area contributed by atoms with Crippen LogP contribution in [0.4, 0.5) is 9.59 Å². The Morgan fingerprint density at radius 3 is 2.48 bits per heavy atom. The molecule has 3 aliphatic heterocycles. The van der Waals surface area contributed by atoms with Gasteiger partial charge in [-0.15, -0.1) is 6.58 Å². The number of azide groups is 1. The SMILES string of the molecule is C=CC[C@@H](C[C@@H](C)CN[C@H](C)[C@H]1N(CCCCN=[N+]=[N-])C(=O)O[C@]1(C)[C@H](O)CC)[C@H](O[C@@H]1O[C@H](C)CC(N(C)C)[C@H]1C)[C@@H](C)C(=O)C(C)C(=O)N1C(=O)OC[C@H]1Cc1ccccc1. The topological polar surface area (TPSA) is 196 Å². The summed E-state index contributed by atoms with van der Waals surface area (Å²) < 4.78 is 24.8. The minimum atomic E-state index is -1.16. The fraction of sp³-hybridized carbons (Fsp3) is 0.745. The number of Topliss-reactive ketones (excluding diaryl/α,β-unsaturated/α-hetero) is 1. The minimum absolute atomic E-state index is 0.0267. The van der Waals surface area contributed by atoms with Gasteiger partial charge in [-0.3, -0.25) is 14.5 Å². The lowest BCUT2D eigenvalue weighted by Crippen LogP contribution is -2.60. The van der Waals surface area contributed by atoms with Crippen molar-refractivity contribution in [2.75, 3.05) is 40.3 Å². The van der Waals surface area contributed by atoms with E-state index in [1.807, 2.05) is 71.3 Å². The molecule has 0 radical (unpaired) electrons. The monoisotopic (exact) mass is 882 g/mol. The molecule has 352 valence electrons. The third-order valence-corrected chi connectivity index (χ3v) is 13.6. The molecule has 63 heavy (non-hydrogen) atoms. The molecule has 3 fully saturated rings. The van der Waals surface area contributed by atoms with Crippen LogP contribution < -0.4 is 5.32 Å². The first-order valence-corrected chi connectivity index (χ1v) is 23.0. The van der Waals surface area contributed by atoms with E-state index < -0.39 is 66.1 Å². The van der Waals surface area contributed by atoms with Crippen molar-refractivity contribution in [3.8, 4) is 0 Å². The van der Waals surface area contributed by atoms with Crippen molar-refractivity contribution in [3.63, 3.8) is 0 Å². The van der Waals surface area contributed by atoms with Crippen molar-refractivity contribution in [1.29, 1.82) is 0 Å². The third-order valence-electron chi connectivity index (χ3n) is 13.6. The van der Waals surface area contributed by atoms with Gasteiger partial charge in [0.25, 0.3) is 0 Å². The van der Waals surface area contributed by atoms with E-state index in [0.29, 0.717) is 58.2 Å². The maximum absolute atomic E-state index is 14.6. The number of nitrogens with one attached hydrogen (secondary N) is 1. The second-order valence-corrected chi connectivity index (χ2v) is 18.7. The van der Waals surface area contributed by atoms with E-state index in [-0.39, 0.29) is 48.3 Å². The van der Waals surface area contributed by atoms with Crippen LogP contribution >= 0.6 is 0 Å². The lowest BCUT2D eigenvalue weighted by molar-refractivity contribution is -0.260. The predicted octanol–water partition coefficient (Wildman–Crippen LogP) is 7.14. The van der Waals surface area contributed by atoms with E-state index in [2.05, 4.69) is 40.7 Å². The molecular formula is C47H75N7O9. The van der Waals surface area contributed by atoms with Gasteiger partial charge in [0.15, 0.2) is 11.9 Å². The number of aliphatic hydroxyl groups is 1. The fourth-order valence-corrected chi connectivity index (χ4v) is 10.0. The number of carbonyl (C=O) groups excluding carboxylic acids is 4. The number of aliphatic hydroxyl groups excluding tert-OH is 1. The zero-order valence-electron chi connectivity index (χ0n) is 39.4. The van der Waals surface area contributed by atoms with Crippen LogP contribution in [0.25, 0.3) is 10.4 Å². The van der Waals surface area contributed by atoms with Gasteiger partial charge in [0.1, 0.15) is 12.4 Å². The maximum atomic E-state index is 14.6. The number of imide groups is 1. The molecule has 3 heterocycles. The number of hydrogen-bond donors (Lipinski definition) is 2. The molecule has 2 N–H and O–H groups in total. The van der Waals surface area contributed by atoms with E-state index in [1.54, 1.807) is 25.7 Å². The van der Waals surface area contributed by atoms with Crippen LogP contribution in [-0.4, -0.2) is 138 Å². The average Bonchev–Trinajstić information content (AvgIpc) is 3.75. The number of amides is 3. The summed E-state index contributed by atoms with van der Waals surface area (Å²) in [4.78, 5) is 62.9. The Morgan fingerprint density at radius 1 is 1.14 bits per heavy atom. The lowest BCUT2D eigenvalue weighted by Gasteiger charge is -2.45. The summed E-state index contributed by atoms with van der Waals surface area (Å²) in [6.07, 6.45) is 2.27. The van der Waals surface area contributed by atoms with Crippen molar-refractivity contribution in [3.05, 3.63) is 59.0 Å². The highest BCUT2D eigenvalue weighted by molar-refractivity contribution is 6.07. The molecule has 1 aromatic carbocycles. The number of rotatable bonds is 25. The van der Waals surface area contributed by atoms with Crippen LogP contribution in [0, 0.1) is 29.6 Å². The van der Waals surface area contributed by atoms with Gasteiger partial charge in [-0.05, 0) is 116 Å². The zero-order valence-corrected chi connectivity index (χ0v) is 39.4. The Labute approximate surface area is 375 Å². The van der Waals surface area contributed by atoms with Crippen molar-refractivity contribution in [1.82, 2.24) is 20.0 Å². The number of nitrogens with zero attached hydrogens (tertiary/aromatic N) is 6. The highest BCUT2D eigenvalue weighted by atomic mass is 16.7. The van der Waals surface area contributed by atoms with Crippen LogP contribution in [-0.2, 0) is 35.0 Å². The number of carbonyl (C=O) groups is 4. The number of cyclic esters (lactones) is 2. The molecular weight excluding hydrogens is 807 g/mol. The van der Waals surface area contributed by atoms with Gasteiger partial charge in [-0.2, -0.15) is 0 Å². The first-order valence-electron chi connectivity index (χ1n) is 23.0. The van der Waals surface area contributed by atoms with E-state index in [1.165, 1.54) is 0 Å². The Bertz CT molecular complexity index is 1730. The number of allylic oxidation sites excluding steroid dienone is 1. The second-order valence-electron chi connectivity index (χ2n) is 18.7. The minimum Gasteiger partial charge on any atom is -0.447 e. The van der Waals surface area contributed by atoms with Gasteiger partial charge < -0.3 is 34.3 Å². The zero-order chi connectivity index (χ0) is 46.6. The van der Waals surface area contributed by atoms with E-state index in [4.69, 9.17) is 24.5 Å². The number of ether oxygens (including phenoxy) is 4. The van der Waals surface area contributed by atoms with Crippen LogP contribution in [0.3, 0.4) is 0 Å². The molecule has 16 heteroatoms. The van der Waals surface area contributed by atoms with Gasteiger partial charge in [-0.1, -0.05) is 69.2 Å². The van der Waals surface area contributed by atoms with Crippen molar-refractivity contribution >= 4 is 23.9 Å². The molecule has 0 saturated carbocycles. The van der Waals surface area contributed by atoms with Gasteiger partial charge >= 0.3 is 12.2 Å². The lowest BCUT2D eigenvalue weighted by atomic mass is 9.79. The van der Waals surface area contributed by atoms with Crippen LogP contribution in [0.2, 0.25) is 0 Å². The fourth-order valence-electron chi connectivity index (χ4n) is 10.0. The van der Waals surface area contributed by atoms with E-state index in [9.17, 15) is 24.3 Å². The smallest absolute Gasteiger partial charge is 0.417 e. The molecule has 0 bridgehead atoms. The maximum Gasteiger partial charge on any atom is 0.417 e. The van der Waals surface area contributed by atoms with Crippen molar-refractivity contribution < 1.29 is 43.2 Å². The molecule has 4 rings (SSSR count). The summed E-state index contributed by atoms with van der Waals surface area (Å²) in [5.74, 6) is -3.08. The van der Waals surface area contributed by atoms with Crippen LogP contribution in [0.5, 0.6) is 0 Å². The number of unbranched alkanes of at least 4 members (excludes halogenated alkanes) is 1. The summed E-state index contributed by atoms with van der Waals surface area (Å²) >= 11 is 0. The van der Waals surface area contributed by atoms with Crippen molar-refractivity contribution in [2.45, 2.75) is 155 Å². The highest BCUT2D eigenvalue weighted by Crippen LogP contribution is 2.38. The summed E-state index contributed by atoms with van der Waals surface area (Å²) in [5, 5.41) is 18.4. The summed E-state index contributed by atoms with van der Waals surface area (Å²) in [6.45, 7) is 20.6. The number of benzene rings is 1. The van der Waals surface area contributed by atoms with Crippen molar-refractivity contribution in [2.24, 2.45) is 34.7 Å². The standard InChI is InChI=1S/C47H75N7O9/c1-12-19-36(24-29(3)27-49-34(8)42-47(9,39(55)13-2)63-45(58)53(42)23-18-17-22-50-51-48)41(62-44-31(5)38(52(10)11)25-30(4)61-44)32(6)40(56)33(7)43(57)54-37(28-60-46(54)59)26-35-20-15-14-16-21-35/h12,14-16,20-21,29-34,36-39,41-42,44,49,55H,1,13,17-19,22-28H2,2-11H3/t29-,30-,31-,32+,33?,34-,36+,37-,38?,39-,41-,42-,44+,47-/m1/s1. The predicted molar refractivity (Wildman–Crippen MR) is 240 cm³/mol. The summed E-state index contributed by atoms with van der Waals surface area (Å²) in [5.41, 5.74) is 8.48. The summed E-state index contributed by atoms with van der Waals surface area (Å²) in [7, 11) is 4.09. The Balaban J connectivity index is 1.57. The molecule has 16 nitrogen and oxygen atoms in total. The van der Waals surface area contributed by atoms with Crippen LogP contribution in [0.15, 0.2) is 48.1 Å². The molecule has 3 amide bonds. The molecule has 1 aromatic rings. The van der Waals surface area contributed by atoms with Gasteiger partial charge in [0.2, 0.25) is 5.91 Å². The van der Waals surface area contributed by atoms with Gasteiger partial charge in [0, 0.05) is 41.9 Å². The second kappa shape index (κ2) is 23.8. The van der Waals surface area contributed by atoms with Crippen LogP contribution in [0.1, 0.15) is 99.5 Å². The van der Waals surface area contributed by atoms with Gasteiger partial charge in [-0.25, -0.2) is 14.5 Å². The molecule has 2 unspecified atom stereocenters. The Morgan fingerprint density at radius 2 is 1.84 bits per heavy atom. The quantitative estimate of drug-likeness (QED) is 0.0253. The normalized spacial score (nSPS) is 28.3. The highest BCUT2D eigenvalue weighted by Gasteiger charge is 2.56.